The van der Waals surface area contributed by atoms with Crippen molar-refractivity contribution in [2.45, 2.75) is 105 Å². The molecule has 0 aromatic rings. The van der Waals surface area contributed by atoms with Crippen LogP contribution < -0.4 is 0 Å². The first-order chi connectivity index (χ1) is 13.2. The lowest BCUT2D eigenvalue weighted by Crippen LogP contribution is -2.58. The number of rotatable bonds is 3. The number of hydrogen-bond acceptors (Lipinski definition) is 2. The van der Waals surface area contributed by atoms with Crippen molar-refractivity contribution in [1.82, 2.24) is 0 Å². The average molecular weight is 389 g/mol. The van der Waals surface area contributed by atoms with Crippen LogP contribution >= 0.6 is 0 Å². The molecule has 3 saturated carbocycles. The van der Waals surface area contributed by atoms with Gasteiger partial charge >= 0.3 is 0 Å². The van der Waals surface area contributed by atoms with Gasteiger partial charge in [0.15, 0.2) is 0 Å². The molecule has 0 aromatic heterocycles. The summed E-state index contributed by atoms with van der Waals surface area (Å²) in [5.41, 5.74) is 1.95. The van der Waals surface area contributed by atoms with E-state index in [0.29, 0.717) is 23.2 Å². The summed E-state index contributed by atoms with van der Waals surface area (Å²) in [7, 11) is 0. The maximum atomic E-state index is 11.1. The molecule has 2 heteroatoms. The first-order valence-electron chi connectivity index (χ1n) is 12.3. The zero-order valence-corrected chi connectivity index (χ0v) is 19.0. The normalized spacial score (nSPS) is 49.6. The van der Waals surface area contributed by atoms with E-state index in [-0.39, 0.29) is 17.6 Å². The van der Waals surface area contributed by atoms with E-state index in [0.717, 1.165) is 30.6 Å². The molecule has 4 rings (SSSR count). The summed E-state index contributed by atoms with van der Waals surface area (Å²) in [6, 6.07) is 0. The van der Waals surface area contributed by atoms with E-state index in [2.05, 4.69) is 33.8 Å². The molecule has 28 heavy (non-hydrogen) atoms. The minimum absolute atomic E-state index is 0.0790. The second-order valence-corrected chi connectivity index (χ2v) is 11.8. The molecule has 0 spiro atoms. The van der Waals surface area contributed by atoms with Gasteiger partial charge in [-0.2, -0.15) is 0 Å². The molecule has 0 radical (unpaired) electrons. The van der Waals surface area contributed by atoms with Gasteiger partial charge in [0, 0.05) is 5.41 Å². The maximum absolute atomic E-state index is 11.1. The summed E-state index contributed by atoms with van der Waals surface area (Å²) in [4.78, 5) is 0. The van der Waals surface area contributed by atoms with Crippen molar-refractivity contribution in [3.8, 4) is 0 Å². The first kappa shape index (κ1) is 20.9. The quantitative estimate of drug-likeness (QED) is 0.585. The third kappa shape index (κ3) is 3.04. The Bertz CT molecular complexity index is 608. The molecule has 0 heterocycles. The summed E-state index contributed by atoms with van der Waals surface area (Å²) in [5, 5.41) is 21.7. The van der Waals surface area contributed by atoms with Gasteiger partial charge in [0.2, 0.25) is 0 Å². The Morgan fingerprint density at radius 1 is 1.11 bits per heavy atom. The highest BCUT2D eigenvalue weighted by Gasteiger charge is 2.60. The monoisotopic (exact) mass is 388 g/mol. The Morgan fingerprint density at radius 2 is 1.86 bits per heavy atom. The van der Waals surface area contributed by atoms with Gasteiger partial charge in [-0.3, -0.25) is 0 Å². The van der Waals surface area contributed by atoms with Gasteiger partial charge in [-0.25, -0.2) is 0 Å². The maximum Gasteiger partial charge on any atom is 0.0608 e. The van der Waals surface area contributed by atoms with E-state index in [9.17, 15) is 10.2 Å². The van der Waals surface area contributed by atoms with Crippen molar-refractivity contribution >= 4 is 0 Å². The number of aliphatic hydroxyl groups excluding tert-OH is 2. The molecule has 4 aliphatic carbocycles. The summed E-state index contributed by atoms with van der Waals surface area (Å²) < 4.78 is 0. The van der Waals surface area contributed by atoms with Crippen LogP contribution in [0.15, 0.2) is 11.6 Å². The summed E-state index contributed by atoms with van der Waals surface area (Å²) in [6.07, 6.45) is 13.2. The van der Waals surface area contributed by atoms with Crippen LogP contribution in [0.3, 0.4) is 0 Å². The van der Waals surface area contributed by atoms with E-state index >= 15 is 0 Å². The smallest absolute Gasteiger partial charge is 0.0608 e. The van der Waals surface area contributed by atoms with Crippen LogP contribution in [0.4, 0.5) is 0 Å². The average Bonchev–Trinajstić information content (AvgIpc) is 2.64. The molecular weight excluding hydrogens is 344 g/mol. The lowest BCUT2D eigenvalue weighted by molar-refractivity contribution is -0.119. The zero-order valence-electron chi connectivity index (χ0n) is 19.0. The van der Waals surface area contributed by atoms with Crippen molar-refractivity contribution < 1.29 is 10.2 Å². The molecule has 9 atom stereocenters. The van der Waals surface area contributed by atoms with Gasteiger partial charge in [0.1, 0.15) is 0 Å². The fraction of sp³-hybridized carbons (Fsp3) is 0.923. The van der Waals surface area contributed by atoms with Crippen LogP contribution in [-0.4, -0.2) is 22.4 Å². The predicted octanol–water partition coefficient (Wildman–Crippen LogP) is 5.97. The Balaban J connectivity index is 1.66. The molecule has 9 unspecified atom stereocenters. The van der Waals surface area contributed by atoms with E-state index in [4.69, 9.17) is 0 Å². The van der Waals surface area contributed by atoms with Crippen molar-refractivity contribution in [1.29, 1.82) is 0 Å². The van der Waals surface area contributed by atoms with E-state index in [1.54, 1.807) is 5.57 Å². The molecule has 2 nitrogen and oxygen atoms in total. The van der Waals surface area contributed by atoms with Crippen molar-refractivity contribution in [2.24, 2.45) is 46.3 Å². The van der Waals surface area contributed by atoms with Gasteiger partial charge < -0.3 is 10.2 Å². The van der Waals surface area contributed by atoms with Crippen LogP contribution in [-0.2, 0) is 0 Å². The standard InChI is InChI=1S/C26H44O2/c1-16(2)14-19-10-12-25(5)20(15-19)6-7-23-22(25)9-8-21-17(3)24(28)11-13-26(21,23)18(4)27/h7,16-22,24,27-28H,6,8-15H2,1-5H3. The highest BCUT2D eigenvalue weighted by Crippen LogP contribution is 2.67. The second-order valence-electron chi connectivity index (χ2n) is 11.8. The summed E-state index contributed by atoms with van der Waals surface area (Å²) in [6.45, 7) is 11.6. The predicted molar refractivity (Wildman–Crippen MR) is 116 cm³/mol. The Hall–Kier alpha value is -0.340. The number of aliphatic hydroxyl groups is 2. The van der Waals surface area contributed by atoms with Crippen molar-refractivity contribution in [3.05, 3.63) is 11.6 Å². The largest absolute Gasteiger partial charge is 0.393 e. The topological polar surface area (TPSA) is 40.5 Å². The molecule has 160 valence electrons. The van der Waals surface area contributed by atoms with E-state index < -0.39 is 0 Å². The van der Waals surface area contributed by atoms with Crippen LogP contribution in [0, 0.1) is 46.3 Å². The molecule has 0 saturated heterocycles. The van der Waals surface area contributed by atoms with Crippen LogP contribution in [0.1, 0.15) is 92.4 Å². The van der Waals surface area contributed by atoms with Crippen LogP contribution in [0.2, 0.25) is 0 Å². The Labute approximate surface area is 173 Å². The highest BCUT2D eigenvalue weighted by atomic mass is 16.3. The molecule has 0 amide bonds. The van der Waals surface area contributed by atoms with Crippen molar-refractivity contribution in [2.75, 3.05) is 0 Å². The number of fused-ring (bicyclic) bond motifs is 5. The number of allylic oxidation sites excluding steroid dienone is 1. The minimum Gasteiger partial charge on any atom is -0.393 e. The fourth-order valence-corrected chi connectivity index (χ4v) is 8.54. The van der Waals surface area contributed by atoms with E-state index in [1.807, 2.05) is 6.92 Å². The molecule has 2 N–H and O–H groups in total. The lowest BCUT2D eigenvalue weighted by Gasteiger charge is -2.63. The fourth-order valence-electron chi connectivity index (χ4n) is 8.54. The molecule has 3 fully saturated rings. The van der Waals surface area contributed by atoms with Crippen molar-refractivity contribution in [3.63, 3.8) is 0 Å². The Morgan fingerprint density at radius 3 is 2.54 bits per heavy atom. The van der Waals surface area contributed by atoms with Crippen LogP contribution in [0.5, 0.6) is 0 Å². The van der Waals surface area contributed by atoms with Gasteiger partial charge in [0.25, 0.3) is 0 Å². The summed E-state index contributed by atoms with van der Waals surface area (Å²) in [5.74, 6) is 3.95. The Kier molecular flexibility index (Phi) is 5.54. The van der Waals surface area contributed by atoms with E-state index in [1.165, 1.54) is 44.9 Å². The van der Waals surface area contributed by atoms with Gasteiger partial charge in [-0.05, 0) is 106 Å². The van der Waals surface area contributed by atoms with Crippen LogP contribution in [0.25, 0.3) is 0 Å². The second kappa shape index (κ2) is 7.41. The third-order valence-electron chi connectivity index (χ3n) is 10.0. The molecule has 0 aliphatic heterocycles. The summed E-state index contributed by atoms with van der Waals surface area (Å²) >= 11 is 0. The molecule has 0 bridgehead atoms. The molecule has 0 aromatic carbocycles. The SMILES string of the molecule is CC(C)CC1CCC2(C)C(CC=C3C2CCC2C(C)C(O)CCC32C(C)O)C1. The zero-order chi connectivity index (χ0) is 20.3. The van der Waals surface area contributed by atoms with Gasteiger partial charge in [-0.1, -0.05) is 39.3 Å². The van der Waals surface area contributed by atoms with Gasteiger partial charge in [0.05, 0.1) is 12.2 Å². The van der Waals surface area contributed by atoms with Gasteiger partial charge in [-0.15, -0.1) is 0 Å². The highest BCUT2D eigenvalue weighted by molar-refractivity contribution is 5.31. The number of hydrogen-bond donors (Lipinski definition) is 2. The minimum atomic E-state index is -0.307. The first-order valence-corrected chi connectivity index (χ1v) is 12.3. The molecule has 4 aliphatic rings. The molecular formula is C26H44O2. The third-order valence-corrected chi connectivity index (χ3v) is 10.0. The lowest BCUT2D eigenvalue weighted by atomic mass is 9.42.